The second-order valence-electron chi connectivity index (χ2n) is 3.58. The van der Waals surface area contributed by atoms with E-state index in [9.17, 15) is 0 Å². The lowest BCUT2D eigenvalue weighted by Gasteiger charge is -2.31. The average Bonchev–Trinajstić information content (AvgIpc) is 2.30. The smallest absolute Gasteiger partial charge is 0.0594 e. The van der Waals surface area contributed by atoms with Crippen LogP contribution in [0, 0.1) is 0 Å². The summed E-state index contributed by atoms with van der Waals surface area (Å²) in [6.07, 6.45) is 1.85. The van der Waals surface area contributed by atoms with Gasteiger partial charge in [0.05, 0.1) is 18.9 Å². The molecule has 3 heteroatoms. The molecule has 0 amide bonds. The van der Waals surface area contributed by atoms with Crippen molar-refractivity contribution in [1.82, 2.24) is 9.88 Å². The molecule has 1 aliphatic rings. The van der Waals surface area contributed by atoms with Crippen molar-refractivity contribution in [2.45, 2.75) is 13.0 Å². The molecule has 76 valence electrons. The standard InChI is InChI=1S/C11H16N2O/c1-10(11-4-2-3-5-12-11)13-6-8-14-9-7-13/h2-5,10H,6-9H2,1H3/t10-/m1/s1. The molecular formula is C11H16N2O. The van der Waals surface area contributed by atoms with Crippen molar-refractivity contribution >= 4 is 0 Å². The van der Waals surface area contributed by atoms with Gasteiger partial charge in [0.25, 0.3) is 0 Å². The molecule has 1 aromatic heterocycles. The number of ether oxygens (including phenoxy) is 1. The molecule has 0 aromatic carbocycles. The minimum atomic E-state index is 0.403. The maximum Gasteiger partial charge on any atom is 0.0594 e. The first kappa shape index (κ1) is 9.62. The van der Waals surface area contributed by atoms with Crippen LogP contribution in [0.5, 0.6) is 0 Å². The van der Waals surface area contributed by atoms with Crippen molar-refractivity contribution in [1.29, 1.82) is 0 Å². The maximum absolute atomic E-state index is 5.32. The SMILES string of the molecule is C[C@H](c1ccccn1)N1CCOCC1. The molecule has 2 rings (SSSR count). The molecule has 0 spiro atoms. The predicted molar refractivity (Wildman–Crippen MR) is 55.0 cm³/mol. The van der Waals surface area contributed by atoms with Gasteiger partial charge in [0.2, 0.25) is 0 Å². The lowest BCUT2D eigenvalue weighted by molar-refractivity contribution is 0.0190. The van der Waals surface area contributed by atoms with Gasteiger partial charge in [-0.25, -0.2) is 0 Å². The molecule has 0 radical (unpaired) electrons. The summed E-state index contributed by atoms with van der Waals surface area (Å²) in [6.45, 7) is 5.91. The van der Waals surface area contributed by atoms with Crippen LogP contribution < -0.4 is 0 Å². The number of hydrogen-bond acceptors (Lipinski definition) is 3. The van der Waals surface area contributed by atoms with Gasteiger partial charge >= 0.3 is 0 Å². The number of morpholine rings is 1. The molecule has 0 N–H and O–H groups in total. The third-order valence-electron chi connectivity index (χ3n) is 2.71. The molecule has 1 aliphatic heterocycles. The maximum atomic E-state index is 5.32. The number of hydrogen-bond donors (Lipinski definition) is 0. The average molecular weight is 192 g/mol. The summed E-state index contributed by atoms with van der Waals surface area (Å²) in [5.41, 5.74) is 1.15. The third-order valence-corrected chi connectivity index (χ3v) is 2.71. The molecule has 3 nitrogen and oxygen atoms in total. The van der Waals surface area contributed by atoms with Crippen molar-refractivity contribution in [3.8, 4) is 0 Å². The summed E-state index contributed by atoms with van der Waals surface area (Å²) in [6, 6.07) is 6.48. The second-order valence-corrected chi connectivity index (χ2v) is 3.58. The van der Waals surface area contributed by atoms with Gasteiger partial charge in [-0.2, -0.15) is 0 Å². The van der Waals surface area contributed by atoms with Crippen LogP contribution in [0.15, 0.2) is 24.4 Å². The summed E-state index contributed by atoms with van der Waals surface area (Å²) in [7, 11) is 0. The Balaban J connectivity index is 2.03. The lowest BCUT2D eigenvalue weighted by Crippen LogP contribution is -2.38. The van der Waals surface area contributed by atoms with E-state index in [1.54, 1.807) is 0 Å². The zero-order valence-electron chi connectivity index (χ0n) is 8.52. The molecular weight excluding hydrogens is 176 g/mol. The van der Waals surface area contributed by atoms with Gasteiger partial charge in [-0.05, 0) is 19.1 Å². The summed E-state index contributed by atoms with van der Waals surface area (Å²) in [5, 5.41) is 0. The van der Waals surface area contributed by atoms with E-state index in [1.165, 1.54) is 0 Å². The van der Waals surface area contributed by atoms with Gasteiger partial charge in [0.15, 0.2) is 0 Å². The van der Waals surface area contributed by atoms with Crippen molar-refractivity contribution in [2.75, 3.05) is 26.3 Å². The van der Waals surface area contributed by atoms with E-state index in [0.717, 1.165) is 32.0 Å². The molecule has 14 heavy (non-hydrogen) atoms. The van der Waals surface area contributed by atoms with Crippen molar-refractivity contribution in [3.05, 3.63) is 30.1 Å². The van der Waals surface area contributed by atoms with Crippen LogP contribution in [0.25, 0.3) is 0 Å². The molecule has 1 saturated heterocycles. The first-order chi connectivity index (χ1) is 6.88. The fraction of sp³-hybridized carbons (Fsp3) is 0.545. The van der Waals surface area contributed by atoms with Crippen LogP contribution in [0.1, 0.15) is 18.7 Å². The fourth-order valence-corrected chi connectivity index (χ4v) is 1.77. The van der Waals surface area contributed by atoms with Crippen LogP contribution in [0.3, 0.4) is 0 Å². The van der Waals surface area contributed by atoms with Crippen molar-refractivity contribution < 1.29 is 4.74 Å². The molecule has 1 atom stereocenters. The molecule has 1 aromatic rings. The van der Waals surface area contributed by atoms with Gasteiger partial charge in [-0.1, -0.05) is 6.07 Å². The number of nitrogens with zero attached hydrogens (tertiary/aromatic N) is 2. The van der Waals surface area contributed by atoms with E-state index in [4.69, 9.17) is 4.74 Å². The van der Waals surface area contributed by atoms with Gasteiger partial charge in [0, 0.05) is 25.3 Å². The zero-order chi connectivity index (χ0) is 9.80. The van der Waals surface area contributed by atoms with Crippen molar-refractivity contribution in [2.24, 2.45) is 0 Å². The highest BCUT2D eigenvalue weighted by Crippen LogP contribution is 2.18. The van der Waals surface area contributed by atoms with Gasteiger partial charge in [-0.3, -0.25) is 9.88 Å². The monoisotopic (exact) mass is 192 g/mol. The third kappa shape index (κ3) is 2.11. The molecule has 0 bridgehead atoms. The number of aromatic nitrogens is 1. The summed E-state index contributed by atoms with van der Waals surface area (Å²) < 4.78 is 5.32. The van der Waals surface area contributed by atoms with Crippen LogP contribution in [0.4, 0.5) is 0 Å². The highest BCUT2D eigenvalue weighted by Gasteiger charge is 2.18. The normalized spacial score (nSPS) is 20.6. The Morgan fingerprint density at radius 1 is 1.36 bits per heavy atom. The van der Waals surface area contributed by atoms with Gasteiger partial charge in [-0.15, -0.1) is 0 Å². The Labute approximate surface area is 84.7 Å². The summed E-state index contributed by atoms with van der Waals surface area (Å²) in [5.74, 6) is 0. The van der Waals surface area contributed by atoms with E-state index in [0.29, 0.717) is 6.04 Å². The largest absolute Gasteiger partial charge is 0.379 e. The van der Waals surface area contributed by atoms with E-state index in [1.807, 2.05) is 18.3 Å². The lowest BCUT2D eigenvalue weighted by atomic mass is 10.2. The minimum Gasteiger partial charge on any atom is -0.379 e. The fourth-order valence-electron chi connectivity index (χ4n) is 1.77. The Morgan fingerprint density at radius 2 is 2.14 bits per heavy atom. The van der Waals surface area contributed by atoms with E-state index >= 15 is 0 Å². The molecule has 0 saturated carbocycles. The van der Waals surface area contributed by atoms with E-state index < -0.39 is 0 Å². The van der Waals surface area contributed by atoms with Crippen LogP contribution in [0.2, 0.25) is 0 Å². The van der Waals surface area contributed by atoms with Crippen LogP contribution in [-0.4, -0.2) is 36.2 Å². The Hall–Kier alpha value is -0.930. The van der Waals surface area contributed by atoms with Gasteiger partial charge in [0.1, 0.15) is 0 Å². The van der Waals surface area contributed by atoms with Crippen molar-refractivity contribution in [3.63, 3.8) is 0 Å². The Kier molecular flexibility index (Phi) is 3.11. The van der Waals surface area contributed by atoms with E-state index in [-0.39, 0.29) is 0 Å². The summed E-state index contributed by atoms with van der Waals surface area (Å²) >= 11 is 0. The first-order valence-electron chi connectivity index (χ1n) is 5.10. The number of rotatable bonds is 2. The Morgan fingerprint density at radius 3 is 2.79 bits per heavy atom. The van der Waals surface area contributed by atoms with Crippen LogP contribution >= 0.6 is 0 Å². The number of pyridine rings is 1. The molecule has 2 heterocycles. The predicted octanol–water partition coefficient (Wildman–Crippen LogP) is 1.47. The van der Waals surface area contributed by atoms with Gasteiger partial charge < -0.3 is 4.74 Å². The quantitative estimate of drug-likeness (QED) is 0.709. The Bertz CT molecular complexity index is 270. The highest BCUT2D eigenvalue weighted by atomic mass is 16.5. The zero-order valence-corrected chi connectivity index (χ0v) is 8.52. The molecule has 0 unspecified atom stereocenters. The minimum absolute atomic E-state index is 0.403. The topological polar surface area (TPSA) is 25.4 Å². The summed E-state index contributed by atoms with van der Waals surface area (Å²) in [4.78, 5) is 6.78. The van der Waals surface area contributed by atoms with Crippen LogP contribution in [-0.2, 0) is 4.74 Å². The molecule has 1 fully saturated rings. The van der Waals surface area contributed by atoms with E-state index in [2.05, 4.69) is 22.9 Å². The second kappa shape index (κ2) is 4.53. The first-order valence-corrected chi connectivity index (χ1v) is 5.10. The molecule has 0 aliphatic carbocycles. The highest BCUT2D eigenvalue weighted by molar-refractivity contribution is 5.08.